The van der Waals surface area contributed by atoms with Crippen LogP contribution in [0.3, 0.4) is 0 Å². The molecule has 0 saturated heterocycles. The maximum absolute atomic E-state index is 11.9. The first-order valence-corrected chi connectivity index (χ1v) is 9.71. The second-order valence-corrected chi connectivity index (χ2v) is 7.35. The molecular formula is C20H24N8O. The number of amides is 1. The van der Waals surface area contributed by atoms with Crippen LogP contribution in [0.5, 0.6) is 0 Å². The Balaban J connectivity index is 1.69. The lowest BCUT2D eigenvalue weighted by atomic mass is 9.91. The van der Waals surface area contributed by atoms with E-state index in [4.69, 9.17) is 11.5 Å². The van der Waals surface area contributed by atoms with Crippen molar-refractivity contribution in [3.63, 3.8) is 0 Å². The Morgan fingerprint density at radius 3 is 2.72 bits per heavy atom. The Morgan fingerprint density at radius 2 is 1.93 bits per heavy atom. The summed E-state index contributed by atoms with van der Waals surface area (Å²) in [5.41, 5.74) is 14.1. The van der Waals surface area contributed by atoms with Gasteiger partial charge in [-0.3, -0.25) is 9.78 Å². The van der Waals surface area contributed by atoms with Crippen molar-refractivity contribution >= 4 is 34.3 Å². The molecule has 9 heteroatoms. The molecule has 1 amide bonds. The van der Waals surface area contributed by atoms with Crippen LogP contribution in [-0.2, 0) is 0 Å². The van der Waals surface area contributed by atoms with Gasteiger partial charge in [-0.1, -0.05) is 31.0 Å². The summed E-state index contributed by atoms with van der Waals surface area (Å²) in [6.45, 7) is 1.91. The van der Waals surface area contributed by atoms with Crippen molar-refractivity contribution in [3.8, 4) is 0 Å². The fraction of sp³-hybridized carbons (Fsp3) is 0.350. The van der Waals surface area contributed by atoms with Crippen molar-refractivity contribution in [2.45, 2.75) is 44.7 Å². The van der Waals surface area contributed by atoms with Gasteiger partial charge in [0.25, 0.3) is 5.91 Å². The van der Waals surface area contributed by atoms with E-state index < -0.39 is 5.91 Å². The average molecular weight is 392 g/mol. The van der Waals surface area contributed by atoms with Crippen molar-refractivity contribution in [2.75, 3.05) is 10.6 Å². The van der Waals surface area contributed by atoms with Gasteiger partial charge in [0.15, 0.2) is 11.5 Å². The first-order valence-electron chi connectivity index (χ1n) is 9.71. The maximum Gasteiger partial charge on any atom is 0.273 e. The number of nitrogens with zero attached hydrogens (tertiary/aromatic N) is 4. The third-order valence-corrected chi connectivity index (χ3v) is 5.15. The van der Waals surface area contributed by atoms with Crippen LogP contribution in [0.25, 0.3) is 10.9 Å². The van der Waals surface area contributed by atoms with Gasteiger partial charge in [-0.05, 0) is 31.9 Å². The maximum atomic E-state index is 11.9. The van der Waals surface area contributed by atoms with E-state index in [1.165, 1.54) is 0 Å². The Bertz CT molecular complexity index is 1050. The standard InChI is InChI=1S/C20H24N8O/c1-11-10-16(12-6-2-4-8-14(12)23-11)24-19-17(18(22)29)27-28-20(26-19)25-15-9-5-3-7-13(15)21/h2,4,6,8,10,13,15H,3,5,7,9,21H2,1H3,(H2,22,29)(H2,23,24,25,26,28)/t13-,15+/m0/s1. The normalized spacial score (nSPS) is 19.1. The van der Waals surface area contributed by atoms with E-state index in [9.17, 15) is 4.79 Å². The van der Waals surface area contributed by atoms with Crippen LogP contribution in [-0.4, -0.2) is 38.2 Å². The molecule has 0 unspecified atom stereocenters. The lowest BCUT2D eigenvalue weighted by Gasteiger charge is -2.29. The summed E-state index contributed by atoms with van der Waals surface area (Å²) in [7, 11) is 0. The monoisotopic (exact) mass is 392 g/mol. The molecule has 2 heterocycles. The molecule has 4 rings (SSSR count). The zero-order chi connectivity index (χ0) is 20.4. The van der Waals surface area contributed by atoms with Crippen molar-refractivity contribution in [2.24, 2.45) is 11.5 Å². The van der Waals surface area contributed by atoms with E-state index in [0.717, 1.165) is 48.0 Å². The average Bonchev–Trinajstić information content (AvgIpc) is 2.69. The van der Waals surface area contributed by atoms with Crippen LogP contribution >= 0.6 is 0 Å². The minimum Gasteiger partial charge on any atom is -0.364 e. The molecule has 6 N–H and O–H groups in total. The largest absolute Gasteiger partial charge is 0.364 e. The second-order valence-electron chi connectivity index (χ2n) is 7.35. The molecule has 1 fully saturated rings. The number of primary amides is 1. The quantitative estimate of drug-likeness (QED) is 0.517. The molecule has 1 aliphatic carbocycles. The summed E-state index contributed by atoms with van der Waals surface area (Å²) in [4.78, 5) is 20.9. The number of para-hydroxylation sites is 1. The number of aryl methyl sites for hydroxylation is 1. The fourth-order valence-corrected chi connectivity index (χ4v) is 3.68. The number of nitrogens with two attached hydrogens (primary N) is 2. The van der Waals surface area contributed by atoms with Crippen molar-refractivity contribution < 1.29 is 4.79 Å². The summed E-state index contributed by atoms with van der Waals surface area (Å²) >= 11 is 0. The Morgan fingerprint density at radius 1 is 1.14 bits per heavy atom. The van der Waals surface area contributed by atoms with Gasteiger partial charge in [0, 0.05) is 23.2 Å². The van der Waals surface area contributed by atoms with Crippen molar-refractivity contribution in [3.05, 3.63) is 41.7 Å². The molecule has 29 heavy (non-hydrogen) atoms. The van der Waals surface area contributed by atoms with Crippen LogP contribution < -0.4 is 22.1 Å². The minimum absolute atomic E-state index is 0.0259. The molecule has 2 aromatic heterocycles. The highest BCUT2D eigenvalue weighted by molar-refractivity contribution is 5.98. The number of fused-ring (bicyclic) bond motifs is 1. The van der Waals surface area contributed by atoms with E-state index in [1.54, 1.807) is 0 Å². The van der Waals surface area contributed by atoms with Crippen molar-refractivity contribution in [1.82, 2.24) is 20.2 Å². The zero-order valence-electron chi connectivity index (χ0n) is 16.2. The number of carbonyl (C=O) groups excluding carboxylic acids is 1. The Hall–Kier alpha value is -3.33. The van der Waals surface area contributed by atoms with Gasteiger partial charge in [0.1, 0.15) is 0 Å². The topological polar surface area (TPSA) is 145 Å². The second kappa shape index (κ2) is 7.96. The van der Waals surface area contributed by atoms with Gasteiger partial charge in [-0.15, -0.1) is 10.2 Å². The predicted molar refractivity (Wildman–Crippen MR) is 112 cm³/mol. The number of anilines is 3. The van der Waals surface area contributed by atoms with Gasteiger partial charge in [-0.2, -0.15) is 4.98 Å². The van der Waals surface area contributed by atoms with Crippen LogP contribution in [0.1, 0.15) is 41.9 Å². The van der Waals surface area contributed by atoms with Crippen LogP contribution in [0.15, 0.2) is 30.3 Å². The molecule has 1 aromatic carbocycles. The van der Waals surface area contributed by atoms with Crippen LogP contribution in [0.2, 0.25) is 0 Å². The summed E-state index contributed by atoms with van der Waals surface area (Å²) in [6, 6.07) is 9.72. The predicted octanol–water partition coefficient (Wildman–Crippen LogP) is 2.25. The number of nitrogens with one attached hydrogen (secondary N) is 2. The minimum atomic E-state index is -0.705. The summed E-state index contributed by atoms with van der Waals surface area (Å²) in [6.07, 6.45) is 4.13. The number of benzene rings is 1. The third kappa shape index (κ3) is 4.09. The van der Waals surface area contributed by atoms with Gasteiger partial charge in [0.2, 0.25) is 5.95 Å². The van der Waals surface area contributed by atoms with E-state index in [2.05, 4.69) is 30.8 Å². The molecule has 9 nitrogen and oxygen atoms in total. The highest BCUT2D eigenvalue weighted by Gasteiger charge is 2.23. The Labute approximate surface area is 168 Å². The van der Waals surface area contributed by atoms with E-state index >= 15 is 0 Å². The number of aromatic nitrogens is 4. The third-order valence-electron chi connectivity index (χ3n) is 5.15. The summed E-state index contributed by atoms with van der Waals surface area (Å²) in [5.74, 6) is -0.145. The van der Waals surface area contributed by atoms with E-state index in [1.807, 2.05) is 37.3 Å². The van der Waals surface area contributed by atoms with E-state index in [-0.39, 0.29) is 23.6 Å². The molecule has 3 aromatic rings. The summed E-state index contributed by atoms with van der Waals surface area (Å²) < 4.78 is 0. The molecule has 2 atom stereocenters. The number of hydrogen-bond donors (Lipinski definition) is 4. The van der Waals surface area contributed by atoms with Crippen molar-refractivity contribution in [1.29, 1.82) is 0 Å². The smallest absolute Gasteiger partial charge is 0.273 e. The highest BCUT2D eigenvalue weighted by Crippen LogP contribution is 2.27. The SMILES string of the molecule is Cc1cc(Nc2nc(N[C@@H]3CCCC[C@@H]3N)nnc2C(N)=O)c2ccccc2n1. The Kier molecular flexibility index (Phi) is 5.22. The molecule has 150 valence electrons. The van der Waals surface area contributed by atoms with Crippen LogP contribution in [0.4, 0.5) is 17.5 Å². The van der Waals surface area contributed by atoms with Gasteiger partial charge in [0.05, 0.1) is 11.2 Å². The van der Waals surface area contributed by atoms with Gasteiger partial charge >= 0.3 is 0 Å². The van der Waals surface area contributed by atoms with E-state index in [0.29, 0.717) is 5.95 Å². The van der Waals surface area contributed by atoms with Gasteiger partial charge in [-0.25, -0.2) is 0 Å². The number of hydrogen-bond acceptors (Lipinski definition) is 8. The zero-order valence-corrected chi connectivity index (χ0v) is 16.2. The first-order chi connectivity index (χ1) is 14.0. The molecule has 1 saturated carbocycles. The lowest BCUT2D eigenvalue weighted by molar-refractivity contribution is 0.0995. The van der Waals surface area contributed by atoms with Gasteiger partial charge < -0.3 is 22.1 Å². The fourth-order valence-electron chi connectivity index (χ4n) is 3.68. The number of pyridine rings is 1. The molecule has 0 spiro atoms. The molecule has 1 aliphatic rings. The number of carbonyl (C=O) groups is 1. The summed E-state index contributed by atoms with van der Waals surface area (Å²) in [5, 5.41) is 15.4. The molecular weight excluding hydrogens is 368 g/mol. The van der Waals surface area contributed by atoms with Crippen LogP contribution in [0, 0.1) is 6.92 Å². The highest BCUT2D eigenvalue weighted by atomic mass is 16.1. The molecule has 0 aliphatic heterocycles. The molecule has 0 bridgehead atoms. The number of rotatable bonds is 5. The first kappa shape index (κ1) is 19.0. The molecule has 0 radical (unpaired) electrons. The lowest BCUT2D eigenvalue weighted by Crippen LogP contribution is -2.43.